The normalized spacial score (nSPS) is 22.7. The van der Waals surface area contributed by atoms with Crippen LogP contribution in [-0.4, -0.2) is 66.0 Å². The molecule has 0 aliphatic carbocycles. The first-order valence-electron chi connectivity index (χ1n) is 16.1. The lowest BCUT2D eigenvalue weighted by molar-refractivity contribution is -0.277. The Kier molecular flexibility index (Phi) is 11.9. The fourth-order valence-electron chi connectivity index (χ4n) is 6.14. The van der Waals surface area contributed by atoms with Crippen LogP contribution in [-0.2, 0) is 37.8 Å². The second-order valence-corrected chi connectivity index (χ2v) is 12.7. The van der Waals surface area contributed by atoms with Gasteiger partial charge >= 0.3 is 12.0 Å². The van der Waals surface area contributed by atoms with Crippen LogP contribution in [0.2, 0.25) is 5.02 Å². The molecule has 2 saturated heterocycles. The molecule has 3 aromatic carbocycles. The van der Waals surface area contributed by atoms with E-state index in [2.05, 4.69) is 22.5 Å². The number of likely N-dealkylation sites (tertiary alicyclic amines) is 1. The number of aliphatic hydroxyl groups is 2. The van der Waals surface area contributed by atoms with Gasteiger partial charge in [-0.3, -0.25) is 4.79 Å². The van der Waals surface area contributed by atoms with Gasteiger partial charge in [0.1, 0.15) is 6.54 Å². The van der Waals surface area contributed by atoms with E-state index in [1.165, 1.54) is 0 Å². The number of ether oxygens (including phenoxy) is 3. The molecule has 5 rings (SSSR count). The van der Waals surface area contributed by atoms with Gasteiger partial charge in [-0.05, 0) is 54.2 Å². The number of amides is 2. The quantitative estimate of drug-likeness (QED) is 0.211. The Balaban J connectivity index is 1.25. The van der Waals surface area contributed by atoms with Gasteiger partial charge in [0, 0.05) is 42.7 Å². The number of urea groups is 1. The van der Waals surface area contributed by atoms with Gasteiger partial charge in [0.15, 0.2) is 6.29 Å². The van der Waals surface area contributed by atoms with E-state index in [1.54, 1.807) is 6.92 Å². The van der Waals surface area contributed by atoms with Crippen LogP contribution in [0.1, 0.15) is 66.9 Å². The maximum absolute atomic E-state index is 12.1. The topological polar surface area (TPSA) is 130 Å². The Morgan fingerprint density at radius 3 is 2.21 bits per heavy atom. The summed E-state index contributed by atoms with van der Waals surface area (Å²) in [5.74, 6) is -0.464. The Hall–Kier alpha value is -3.51. The van der Waals surface area contributed by atoms with E-state index in [9.17, 15) is 19.8 Å². The zero-order valence-corrected chi connectivity index (χ0v) is 27.6. The summed E-state index contributed by atoms with van der Waals surface area (Å²) in [6, 6.07) is 22.5. The highest BCUT2D eigenvalue weighted by molar-refractivity contribution is 6.30. The van der Waals surface area contributed by atoms with Crippen LogP contribution in [0.25, 0.3) is 0 Å². The van der Waals surface area contributed by atoms with E-state index in [-0.39, 0.29) is 44.4 Å². The van der Waals surface area contributed by atoms with Crippen molar-refractivity contribution in [3.05, 3.63) is 106 Å². The molecule has 2 aliphatic heterocycles. The molecular weight excluding hydrogens is 622 g/mol. The third-order valence-electron chi connectivity index (χ3n) is 9.03. The maximum Gasteiger partial charge on any atom is 0.325 e. The lowest BCUT2D eigenvalue weighted by atomic mass is 9.84. The number of nitrogens with zero attached hydrogens (tertiary/aromatic N) is 1. The van der Waals surface area contributed by atoms with Crippen LogP contribution in [0.4, 0.5) is 4.79 Å². The van der Waals surface area contributed by atoms with Crippen LogP contribution in [0, 0.1) is 5.92 Å². The van der Waals surface area contributed by atoms with E-state index in [4.69, 9.17) is 25.8 Å². The van der Waals surface area contributed by atoms with E-state index in [0.29, 0.717) is 24.4 Å². The molecule has 0 radical (unpaired) electrons. The van der Waals surface area contributed by atoms with Gasteiger partial charge in [-0.2, -0.15) is 0 Å². The molecule has 2 heterocycles. The Morgan fingerprint density at radius 2 is 1.57 bits per heavy atom. The molecule has 3 aromatic rings. The maximum atomic E-state index is 12.1. The highest BCUT2D eigenvalue weighted by Gasteiger charge is 2.41. The highest BCUT2D eigenvalue weighted by atomic mass is 35.5. The highest BCUT2D eigenvalue weighted by Crippen LogP contribution is 2.42. The molecule has 10 nitrogen and oxygen atoms in total. The molecule has 252 valence electrons. The minimum absolute atomic E-state index is 0.0265. The van der Waals surface area contributed by atoms with E-state index < -0.39 is 23.9 Å². The number of hydrogen-bond acceptors (Lipinski definition) is 8. The first-order chi connectivity index (χ1) is 22.7. The van der Waals surface area contributed by atoms with Crippen molar-refractivity contribution in [1.29, 1.82) is 0 Å². The third kappa shape index (κ3) is 9.10. The monoisotopic (exact) mass is 665 g/mol. The summed E-state index contributed by atoms with van der Waals surface area (Å²) in [7, 11) is 0. The minimum atomic E-state index is -0.888. The number of aliphatic hydroxyl groups excluding tert-OH is 1. The van der Waals surface area contributed by atoms with Crippen LogP contribution >= 0.6 is 11.6 Å². The minimum Gasteiger partial charge on any atom is -0.465 e. The zero-order chi connectivity index (χ0) is 33.4. The molecule has 0 bridgehead atoms. The number of piperidine rings is 1. The van der Waals surface area contributed by atoms with Gasteiger partial charge in [0.2, 0.25) is 0 Å². The van der Waals surface area contributed by atoms with Crippen molar-refractivity contribution in [3.8, 4) is 0 Å². The van der Waals surface area contributed by atoms with Crippen molar-refractivity contribution in [1.82, 2.24) is 15.5 Å². The number of halogens is 1. The zero-order valence-electron chi connectivity index (χ0n) is 26.9. The molecule has 2 fully saturated rings. The summed E-state index contributed by atoms with van der Waals surface area (Å²) in [4.78, 5) is 25.9. The molecule has 4 atom stereocenters. The fourth-order valence-corrected chi connectivity index (χ4v) is 6.26. The number of nitrogens with one attached hydrogen (secondary N) is 2. The molecule has 47 heavy (non-hydrogen) atoms. The summed E-state index contributed by atoms with van der Waals surface area (Å²) in [6.45, 7) is 6.29. The summed E-state index contributed by atoms with van der Waals surface area (Å²) in [5, 5.41) is 26.8. The van der Waals surface area contributed by atoms with Crippen molar-refractivity contribution in [2.45, 2.75) is 63.9 Å². The molecular formula is C36H44ClN3O7. The molecule has 0 spiro atoms. The number of benzene rings is 3. The third-order valence-corrected chi connectivity index (χ3v) is 9.28. The summed E-state index contributed by atoms with van der Waals surface area (Å²) < 4.78 is 18.1. The Bertz CT molecular complexity index is 1460. The van der Waals surface area contributed by atoms with Gasteiger partial charge < -0.3 is 40.0 Å². The van der Waals surface area contributed by atoms with Crippen molar-refractivity contribution < 1.29 is 34.0 Å². The largest absolute Gasteiger partial charge is 0.465 e. The first-order valence-corrected chi connectivity index (χ1v) is 16.5. The number of carbonyl (C=O) groups excluding carboxylic acids is 2. The van der Waals surface area contributed by atoms with Crippen molar-refractivity contribution >= 4 is 23.6 Å². The van der Waals surface area contributed by atoms with Gasteiger partial charge in [-0.25, -0.2) is 4.79 Å². The predicted octanol–water partition coefficient (Wildman–Crippen LogP) is 4.97. The predicted molar refractivity (Wildman–Crippen MR) is 177 cm³/mol. The van der Waals surface area contributed by atoms with Crippen LogP contribution in [0.15, 0.2) is 72.8 Å². The van der Waals surface area contributed by atoms with E-state index in [0.717, 1.165) is 40.9 Å². The lowest BCUT2D eigenvalue weighted by Gasteiger charge is -2.45. The van der Waals surface area contributed by atoms with E-state index >= 15 is 0 Å². The Morgan fingerprint density at radius 1 is 0.936 bits per heavy atom. The fraction of sp³-hybridized carbons (Fsp3) is 0.444. The SMILES string of the molecule is CCOC(=O)CNC(=O)NCc1ccc([C@H]2O[C@@H](CN3CCC(O)(c4ccc(Cl)cc4)CC3)[C@@H](C)[C@@H](c3ccc(CO)cc3)O2)cc1. The summed E-state index contributed by atoms with van der Waals surface area (Å²) in [6.07, 6.45) is 0.203. The summed E-state index contributed by atoms with van der Waals surface area (Å²) >= 11 is 6.07. The van der Waals surface area contributed by atoms with Gasteiger partial charge in [0.05, 0.1) is 31.0 Å². The first kappa shape index (κ1) is 34.8. The van der Waals surface area contributed by atoms with Crippen molar-refractivity contribution in [2.24, 2.45) is 5.92 Å². The number of esters is 1. The number of carbonyl (C=O) groups is 2. The lowest BCUT2D eigenvalue weighted by Crippen LogP contribution is -2.49. The average molecular weight is 666 g/mol. The second kappa shape index (κ2) is 16.1. The molecule has 0 unspecified atom stereocenters. The molecule has 2 amide bonds. The van der Waals surface area contributed by atoms with Gasteiger partial charge in [-0.15, -0.1) is 0 Å². The van der Waals surface area contributed by atoms with Crippen molar-refractivity contribution in [2.75, 3.05) is 32.8 Å². The van der Waals surface area contributed by atoms with Crippen LogP contribution in [0.5, 0.6) is 0 Å². The van der Waals surface area contributed by atoms with E-state index in [1.807, 2.05) is 72.8 Å². The van der Waals surface area contributed by atoms with Gasteiger partial charge in [0.25, 0.3) is 0 Å². The van der Waals surface area contributed by atoms with Crippen molar-refractivity contribution in [3.63, 3.8) is 0 Å². The molecule has 11 heteroatoms. The second-order valence-electron chi connectivity index (χ2n) is 12.2. The molecule has 4 N–H and O–H groups in total. The van der Waals surface area contributed by atoms with Crippen LogP contribution in [0.3, 0.4) is 0 Å². The standard InChI is InChI=1S/C36H44ClN3O7/c1-3-45-32(42)21-39-35(43)38-20-25-4-10-28(11-5-25)34-46-31(24(2)33(47-34)27-8-6-26(23-41)7-9-27)22-40-18-16-36(44,17-19-40)29-12-14-30(37)15-13-29/h4-15,24,31,33-34,41,44H,3,16-23H2,1-2H3,(H2,38,39,43)/t24-,31+,33+,34+/m1/s1. The Labute approximate surface area is 281 Å². The smallest absolute Gasteiger partial charge is 0.325 e. The molecule has 0 aromatic heterocycles. The molecule has 0 saturated carbocycles. The number of hydrogen-bond donors (Lipinski definition) is 4. The van der Waals surface area contributed by atoms with Gasteiger partial charge in [-0.1, -0.05) is 79.2 Å². The average Bonchev–Trinajstić information content (AvgIpc) is 3.09. The number of rotatable bonds is 11. The molecule has 2 aliphatic rings. The van der Waals surface area contributed by atoms with Crippen LogP contribution < -0.4 is 10.6 Å². The summed E-state index contributed by atoms with van der Waals surface area (Å²) in [5.41, 5.74) is 3.57.